The summed E-state index contributed by atoms with van der Waals surface area (Å²) in [5.74, 6) is 2.35. The second kappa shape index (κ2) is 14.4. The summed E-state index contributed by atoms with van der Waals surface area (Å²) in [7, 11) is 0. The van der Waals surface area contributed by atoms with Crippen molar-refractivity contribution in [3.63, 3.8) is 0 Å². The van der Waals surface area contributed by atoms with Gasteiger partial charge in [0.1, 0.15) is 5.82 Å². The fraction of sp³-hybridized carbons (Fsp3) is 0.125. The standard InChI is InChI=1S/C48H42N6/c1-31-26-33(3)44(34(4)27-31)54(45-35(5)28-32(2)29-36(45)6)42-23-21-41(22-24-42)53(43-18-12-13-25-49-43)48-51-46(38-15-8-7-9-16-38)50-47(52-48)40-20-19-37-14-10-11-17-39(37)30-40/h7-30H,1-6H3. The molecule has 264 valence electrons. The average Bonchev–Trinajstić information content (AvgIpc) is 3.17. The van der Waals surface area contributed by atoms with Crippen LogP contribution in [0.25, 0.3) is 33.5 Å². The molecule has 6 aromatic carbocycles. The monoisotopic (exact) mass is 702 g/mol. The maximum absolute atomic E-state index is 5.16. The Kier molecular flexibility index (Phi) is 9.18. The molecule has 8 rings (SSSR count). The normalized spacial score (nSPS) is 11.1. The third-order valence-electron chi connectivity index (χ3n) is 9.83. The van der Waals surface area contributed by atoms with Gasteiger partial charge in [-0.3, -0.25) is 4.90 Å². The quantitative estimate of drug-likeness (QED) is 0.157. The molecule has 0 aliphatic carbocycles. The second-order valence-corrected chi connectivity index (χ2v) is 14.1. The number of rotatable bonds is 8. The Bertz CT molecular complexity index is 2510. The van der Waals surface area contributed by atoms with E-state index >= 15 is 0 Å². The summed E-state index contributed by atoms with van der Waals surface area (Å²) in [6, 6.07) is 48.3. The molecule has 2 heterocycles. The average molecular weight is 703 g/mol. The first-order valence-electron chi connectivity index (χ1n) is 18.3. The van der Waals surface area contributed by atoms with E-state index in [0.29, 0.717) is 23.4 Å². The Morgan fingerprint density at radius 3 is 1.50 bits per heavy atom. The van der Waals surface area contributed by atoms with Crippen LogP contribution in [-0.2, 0) is 0 Å². The minimum atomic E-state index is 0.478. The Morgan fingerprint density at radius 2 is 0.926 bits per heavy atom. The van der Waals surface area contributed by atoms with Gasteiger partial charge in [-0.2, -0.15) is 9.97 Å². The van der Waals surface area contributed by atoms with E-state index in [0.717, 1.165) is 33.3 Å². The lowest BCUT2D eigenvalue weighted by atomic mass is 9.99. The molecule has 54 heavy (non-hydrogen) atoms. The van der Waals surface area contributed by atoms with E-state index in [1.165, 1.54) is 44.8 Å². The first kappa shape index (κ1) is 34.4. The van der Waals surface area contributed by atoms with Gasteiger partial charge in [0.15, 0.2) is 11.6 Å². The van der Waals surface area contributed by atoms with Crippen LogP contribution < -0.4 is 9.80 Å². The molecule has 8 aromatic rings. The minimum Gasteiger partial charge on any atom is -0.309 e. The number of benzene rings is 6. The summed E-state index contributed by atoms with van der Waals surface area (Å²) in [5, 5.41) is 2.29. The first-order chi connectivity index (χ1) is 26.2. The largest absolute Gasteiger partial charge is 0.309 e. The van der Waals surface area contributed by atoms with Gasteiger partial charge in [-0.15, -0.1) is 0 Å². The van der Waals surface area contributed by atoms with Gasteiger partial charge in [0, 0.05) is 23.0 Å². The Labute approximate surface area is 317 Å². The molecule has 6 heteroatoms. The zero-order chi connectivity index (χ0) is 37.3. The van der Waals surface area contributed by atoms with Crippen LogP contribution in [0.5, 0.6) is 0 Å². The number of fused-ring (bicyclic) bond motifs is 1. The molecule has 0 aliphatic heterocycles. The summed E-state index contributed by atoms with van der Waals surface area (Å²) in [4.78, 5) is 24.5. The number of hydrogen-bond donors (Lipinski definition) is 0. The van der Waals surface area contributed by atoms with Gasteiger partial charge < -0.3 is 4.90 Å². The predicted octanol–water partition coefficient (Wildman–Crippen LogP) is 12.5. The third-order valence-corrected chi connectivity index (χ3v) is 9.83. The van der Waals surface area contributed by atoms with E-state index in [-0.39, 0.29) is 0 Å². The molecular formula is C48H42N6. The molecule has 0 saturated heterocycles. The number of nitrogens with zero attached hydrogens (tertiary/aromatic N) is 6. The molecule has 0 aliphatic rings. The van der Waals surface area contributed by atoms with Crippen LogP contribution >= 0.6 is 0 Å². The molecule has 0 radical (unpaired) electrons. The highest BCUT2D eigenvalue weighted by atomic mass is 15.3. The molecule has 0 unspecified atom stereocenters. The molecule has 0 N–H and O–H groups in total. The maximum Gasteiger partial charge on any atom is 0.239 e. The van der Waals surface area contributed by atoms with E-state index in [4.69, 9.17) is 19.9 Å². The van der Waals surface area contributed by atoms with E-state index in [1.54, 1.807) is 6.20 Å². The van der Waals surface area contributed by atoms with Gasteiger partial charge in [-0.1, -0.05) is 108 Å². The van der Waals surface area contributed by atoms with Crippen LogP contribution in [0.2, 0.25) is 0 Å². The van der Waals surface area contributed by atoms with E-state index in [1.807, 2.05) is 53.4 Å². The third kappa shape index (κ3) is 6.70. The molecular weight excluding hydrogens is 661 g/mol. The molecule has 6 nitrogen and oxygen atoms in total. The fourth-order valence-corrected chi connectivity index (χ4v) is 7.65. The Morgan fingerprint density at radius 1 is 0.407 bits per heavy atom. The van der Waals surface area contributed by atoms with Crippen molar-refractivity contribution in [2.75, 3.05) is 9.80 Å². The number of aryl methyl sites for hydroxylation is 6. The van der Waals surface area contributed by atoms with Crippen molar-refractivity contribution < 1.29 is 0 Å². The summed E-state index contributed by atoms with van der Waals surface area (Å²) in [6.07, 6.45) is 1.80. The molecule has 2 aromatic heterocycles. The van der Waals surface area contributed by atoms with E-state index in [9.17, 15) is 0 Å². The Balaban J connectivity index is 1.30. The second-order valence-electron chi connectivity index (χ2n) is 14.1. The molecule has 0 spiro atoms. The lowest BCUT2D eigenvalue weighted by Gasteiger charge is -2.32. The van der Waals surface area contributed by atoms with Crippen molar-refractivity contribution in [1.82, 2.24) is 19.9 Å². The van der Waals surface area contributed by atoms with Crippen molar-refractivity contribution in [1.29, 1.82) is 0 Å². The van der Waals surface area contributed by atoms with Gasteiger partial charge >= 0.3 is 0 Å². The molecule has 0 amide bonds. The number of aromatic nitrogens is 4. The summed E-state index contributed by atoms with van der Waals surface area (Å²) in [5.41, 5.74) is 13.5. The first-order valence-corrected chi connectivity index (χ1v) is 18.3. The molecule has 0 saturated carbocycles. The summed E-state index contributed by atoms with van der Waals surface area (Å²) < 4.78 is 0. The van der Waals surface area contributed by atoms with Gasteiger partial charge in [0.05, 0.1) is 17.1 Å². The zero-order valence-electron chi connectivity index (χ0n) is 31.5. The van der Waals surface area contributed by atoms with E-state index < -0.39 is 0 Å². The molecule has 0 atom stereocenters. The predicted molar refractivity (Wildman–Crippen MR) is 224 cm³/mol. The SMILES string of the molecule is Cc1cc(C)c(N(c2ccc(N(c3ccccn3)c3nc(-c4ccccc4)nc(-c4ccc5ccccc5c4)n3)cc2)c2c(C)cc(C)cc2C)c(C)c1. The fourth-order valence-electron chi connectivity index (χ4n) is 7.65. The van der Waals surface area contributed by atoms with Gasteiger partial charge in [-0.25, -0.2) is 9.97 Å². The smallest absolute Gasteiger partial charge is 0.239 e. The van der Waals surface area contributed by atoms with Crippen LogP contribution in [0.4, 0.5) is 34.5 Å². The topological polar surface area (TPSA) is 58.0 Å². The maximum atomic E-state index is 5.16. The highest BCUT2D eigenvalue weighted by molar-refractivity contribution is 5.87. The Hall–Kier alpha value is -6.66. The van der Waals surface area contributed by atoms with Crippen LogP contribution in [-0.4, -0.2) is 19.9 Å². The van der Waals surface area contributed by atoms with Crippen LogP contribution in [0.15, 0.2) is 146 Å². The van der Waals surface area contributed by atoms with Crippen molar-refractivity contribution in [2.45, 2.75) is 41.5 Å². The zero-order valence-corrected chi connectivity index (χ0v) is 31.5. The van der Waals surface area contributed by atoms with Crippen molar-refractivity contribution in [3.8, 4) is 22.8 Å². The molecule has 0 fully saturated rings. The van der Waals surface area contributed by atoms with Gasteiger partial charge in [-0.05, 0) is 117 Å². The summed E-state index contributed by atoms with van der Waals surface area (Å²) >= 11 is 0. The summed E-state index contributed by atoms with van der Waals surface area (Å²) in [6.45, 7) is 13.1. The van der Waals surface area contributed by atoms with Crippen molar-refractivity contribution >= 4 is 45.3 Å². The van der Waals surface area contributed by atoms with Crippen molar-refractivity contribution in [3.05, 3.63) is 179 Å². The molecule has 0 bridgehead atoms. The number of hydrogen-bond acceptors (Lipinski definition) is 6. The van der Waals surface area contributed by atoms with Crippen LogP contribution in [0, 0.1) is 41.5 Å². The van der Waals surface area contributed by atoms with Gasteiger partial charge in [0.2, 0.25) is 5.95 Å². The van der Waals surface area contributed by atoms with Gasteiger partial charge in [0.25, 0.3) is 0 Å². The van der Waals surface area contributed by atoms with Crippen molar-refractivity contribution in [2.24, 2.45) is 0 Å². The minimum absolute atomic E-state index is 0.478. The van der Waals surface area contributed by atoms with E-state index in [2.05, 4.69) is 137 Å². The van der Waals surface area contributed by atoms with Crippen LogP contribution in [0.3, 0.4) is 0 Å². The van der Waals surface area contributed by atoms with Crippen LogP contribution in [0.1, 0.15) is 33.4 Å². The lowest BCUT2D eigenvalue weighted by molar-refractivity contribution is 1.01. The lowest BCUT2D eigenvalue weighted by Crippen LogP contribution is -2.18. The highest BCUT2D eigenvalue weighted by Gasteiger charge is 2.24. The number of pyridine rings is 1. The highest BCUT2D eigenvalue weighted by Crippen LogP contribution is 2.44. The number of anilines is 6.